The number of carbonyl (C=O) groups is 2. The first-order valence-corrected chi connectivity index (χ1v) is 11.2. The summed E-state index contributed by atoms with van der Waals surface area (Å²) in [7, 11) is 0. The lowest BCUT2D eigenvalue weighted by atomic mass is 9.94. The lowest BCUT2D eigenvalue weighted by Gasteiger charge is -2.43. The number of anilines is 1. The van der Waals surface area contributed by atoms with Crippen LogP contribution >= 0.6 is 0 Å². The fourth-order valence-corrected chi connectivity index (χ4v) is 4.61. The number of ether oxygens (including phenoxy) is 1. The first-order chi connectivity index (χ1) is 15.2. The summed E-state index contributed by atoms with van der Waals surface area (Å²) in [5.41, 5.74) is 1.75. The van der Waals surface area contributed by atoms with E-state index in [-0.39, 0.29) is 18.0 Å². The molecule has 0 bridgehead atoms. The molecule has 1 N–H and O–H groups in total. The molecule has 2 aliphatic rings. The van der Waals surface area contributed by atoms with Gasteiger partial charge >= 0.3 is 6.09 Å². The van der Waals surface area contributed by atoms with Crippen LogP contribution in [-0.2, 0) is 9.53 Å². The van der Waals surface area contributed by atoms with Crippen LogP contribution in [0.3, 0.4) is 0 Å². The Kier molecular flexibility index (Phi) is 6.86. The quantitative estimate of drug-likeness (QED) is 0.795. The smallest absolute Gasteiger partial charge is 0.409 e. The van der Waals surface area contributed by atoms with Crippen LogP contribution in [0.15, 0.2) is 42.7 Å². The summed E-state index contributed by atoms with van der Waals surface area (Å²) in [6, 6.07) is 9.81. The van der Waals surface area contributed by atoms with Crippen LogP contribution in [0.25, 0.3) is 5.69 Å². The lowest BCUT2D eigenvalue weighted by molar-refractivity contribution is -0.124. The number of hydrogen-bond donors (Lipinski definition) is 1. The zero-order chi connectivity index (χ0) is 21.6. The van der Waals surface area contributed by atoms with Crippen molar-refractivity contribution in [3.8, 4) is 5.69 Å². The van der Waals surface area contributed by atoms with Crippen molar-refractivity contribution in [1.82, 2.24) is 19.6 Å². The molecule has 1 aromatic carbocycles. The predicted octanol–water partition coefficient (Wildman–Crippen LogP) is 3.29. The van der Waals surface area contributed by atoms with Crippen LogP contribution in [0, 0.1) is 0 Å². The van der Waals surface area contributed by atoms with Crippen molar-refractivity contribution in [2.45, 2.75) is 51.1 Å². The van der Waals surface area contributed by atoms with Gasteiger partial charge in [0.05, 0.1) is 18.3 Å². The average molecular weight is 426 g/mol. The summed E-state index contributed by atoms with van der Waals surface area (Å²) in [5, 5.41) is 7.33. The highest BCUT2D eigenvalue weighted by Gasteiger charge is 2.36. The van der Waals surface area contributed by atoms with Crippen molar-refractivity contribution in [2.24, 2.45) is 0 Å². The van der Waals surface area contributed by atoms with Gasteiger partial charge in [-0.25, -0.2) is 9.48 Å². The first kappa shape index (κ1) is 21.4. The molecule has 1 aromatic heterocycles. The Morgan fingerprint density at radius 3 is 2.55 bits per heavy atom. The number of carbonyl (C=O) groups excluding carboxylic acids is 2. The van der Waals surface area contributed by atoms with Gasteiger partial charge in [0.25, 0.3) is 0 Å². The topological polar surface area (TPSA) is 79.7 Å². The zero-order valence-electron chi connectivity index (χ0n) is 18.1. The summed E-state index contributed by atoms with van der Waals surface area (Å²) in [4.78, 5) is 29.3. The van der Waals surface area contributed by atoms with Gasteiger partial charge in [0, 0.05) is 37.2 Å². The zero-order valence-corrected chi connectivity index (χ0v) is 18.1. The minimum atomic E-state index is -0.229. The van der Waals surface area contributed by atoms with Crippen LogP contribution in [0.1, 0.15) is 39.0 Å². The van der Waals surface area contributed by atoms with Crippen molar-refractivity contribution in [3.63, 3.8) is 0 Å². The molecule has 0 radical (unpaired) electrons. The molecule has 31 heavy (non-hydrogen) atoms. The summed E-state index contributed by atoms with van der Waals surface area (Å²) < 4.78 is 6.91. The van der Waals surface area contributed by atoms with E-state index in [1.807, 2.05) is 43.5 Å². The molecule has 166 valence electrons. The first-order valence-electron chi connectivity index (χ1n) is 11.2. The van der Waals surface area contributed by atoms with Gasteiger partial charge in [0.1, 0.15) is 0 Å². The Labute approximate surface area is 183 Å². The SMILES string of the molecule is CCOC(=O)N1CCC(N2CCCC[C@@H]2C(=O)Nc2ccc(-n3cccn3)cc2)CC1. The number of piperidine rings is 2. The third kappa shape index (κ3) is 5.07. The van der Waals surface area contributed by atoms with Crippen molar-refractivity contribution < 1.29 is 14.3 Å². The van der Waals surface area contributed by atoms with Gasteiger partial charge in [0.2, 0.25) is 5.91 Å². The van der Waals surface area contributed by atoms with Gasteiger partial charge in [-0.2, -0.15) is 5.10 Å². The van der Waals surface area contributed by atoms with Crippen LogP contribution < -0.4 is 5.32 Å². The number of nitrogens with zero attached hydrogens (tertiary/aromatic N) is 4. The maximum absolute atomic E-state index is 13.1. The second-order valence-electron chi connectivity index (χ2n) is 8.15. The number of hydrogen-bond acceptors (Lipinski definition) is 5. The Hall–Kier alpha value is -2.87. The predicted molar refractivity (Wildman–Crippen MR) is 118 cm³/mol. The summed E-state index contributed by atoms with van der Waals surface area (Å²) in [5.74, 6) is 0.0550. The minimum absolute atomic E-state index is 0.0550. The highest BCUT2D eigenvalue weighted by molar-refractivity contribution is 5.95. The number of amides is 2. The summed E-state index contributed by atoms with van der Waals surface area (Å²) in [6.07, 6.45) is 8.20. The van der Waals surface area contributed by atoms with Crippen molar-refractivity contribution >= 4 is 17.7 Å². The summed E-state index contributed by atoms with van der Waals surface area (Å²) in [6.45, 7) is 4.52. The van der Waals surface area contributed by atoms with Crippen LogP contribution in [0.2, 0.25) is 0 Å². The molecule has 0 unspecified atom stereocenters. The molecule has 2 aromatic rings. The monoisotopic (exact) mass is 425 g/mol. The van der Waals surface area contributed by atoms with E-state index in [1.165, 1.54) is 0 Å². The van der Waals surface area contributed by atoms with Crippen LogP contribution in [-0.4, -0.2) is 69.9 Å². The highest BCUT2D eigenvalue weighted by Crippen LogP contribution is 2.27. The molecule has 2 amide bonds. The van der Waals surface area contributed by atoms with E-state index in [0.717, 1.165) is 50.0 Å². The number of likely N-dealkylation sites (tertiary alicyclic amines) is 2. The fourth-order valence-electron chi connectivity index (χ4n) is 4.61. The standard InChI is InChI=1S/C23H31N5O3/c1-2-31-23(30)26-16-11-19(12-17-26)27-14-4-3-6-21(27)22(29)25-18-7-9-20(10-8-18)28-15-5-13-24-28/h5,7-10,13,15,19,21H,2-4,6,11-12,14,16-17H2,1H3,(H,25,29)/t21-/m1/s1. The van der Waals surface area contributed by atoms with E-state index in [0.29, 0.717) is 25.7 Å². The Bertz CT molecular complexity index is 860. The second-order valence-corrected chi connectivity index (χ2v) is 8.15. The lowest BCUT2D eigenvalue weighted by Crippen LogP contribution is -2.55. The number of aromatic nitrogens is 2. The minimum Gasteiger partial charge on any atom is -0.450 e. The number of benzene rings is 1. The van der Waals surface area contributed by atoms with Crippen LogP contribution in [0.5, 0.6) is 0 Å². The average Bonchev–Trinajstić information content (AvgIpc) is 3.35. The van der Waals surface area contributed by atoms with E-state index < -0.39 is 0 Å². The Morgan fingerprint density at radius 1 is 1.10 bits per heavy atom. The third-order valence-electron chi connectivity index (χ3n) is 6.21. The fraction of sp³-hybridized carbons (Fsp3) is 0.522. The molecular formula is C23H31N5O3. The van der Waals surface area contributed by atoms with Gasteiger partial charge in [-0.05, 0) is 69.5 Å². The number of nitrogens with one attached hydrogen (secondary N) is 1. The molecule has 3 heterocycles. The molecule has 1 atom stereocenters. The molecule has 8 nitrogen and oxygen atoms in total. The van der Waals surface area contributed by atoms with Crippen molar-refractivity contribution in [2.75, 3.05) is 31.6 Å². The van der Waals surface area contributed by atoms with E-state index in [9.17, 15) is 9.59 Å². The largest absolute Gasteiger partial charge is 0.450 e. The molecule has 0 saturated carbocycles. The van der Waals surface area contributed by atoms with Gasteiger partial charge in [-0.15, -0.1) is 0 Å². The summed E-state index contributed by atoms with van der Waals surface area (Å²) >= 11 is 0. The maximum Gasteiger partial charge on any atom is 0.409 e. The Balaban J connectivity index is 1.36. The van der Waals surface area contributed by atoms with Crippen LogP contribution in [0.4, 0.5) is 10.5 Å². The van der Waals surface area contributed by atoms with E-state index in [4.69, 9.17) is 4.74 Å². The normalized spacial score (nSPS) is 20.4. The molecule has 2 fully saturated rings. The van der Waals surface area contributed by atoms with Gasteiger partial charge in [0.15, 0.2) is 0 Å². The highest BCUT2D eigenvalue weighted by atomic mass is 16.6. The Morgan fingerprint density at radius 2 is 1.87 bits per heavy atom. The van der Waals surface area contributed by atoms with Gasteiger partial charge in [-0.3, -0.25) is 9.69 Å². The van der Waals surface area contributed by atoms with E-state index in [1.54, 1.807) is 15.8 Å². The van der Waals surface area contributed by atoms with Gasteiger partial charge < -0.3 is 15.0 Å². The maximum atomic E-state index is 13.1. The molecule has 2 aliphatic heterocycles. The molecule has 8 heteroatoms. The molecular weight excluding hydrogens is 394 g/mol. The van der Waals surface area contributed by atoms with Crippen molar-refractivity contribution in [1.29, 1.82) is 0 Å². The molecule has 0 spiro atoms. The van der Waals surface area contributed by atoms with Crippen molar-refractivity contribution in [3.05, 3.63) is 42.7 Å². The van der Waals surface area contributed by atoms with E-state index >= 15 is 0 Å². The second kappa shape index (κ2) is 9.96. The molecule has 4 rings (SSSR count). The molecule has 0 aliphatic carbocycles. The number of rotatable bonds is 5. The van der Waals surface area contributed by atoms with E-state index in [2.05, 4.69) is 15.3 Å². The molecule has 2 saturated heterocycles. The van der Waals surface area contributed by atoms with Gasteiger partial charge in [-0.1, -0.05) is 6.42 Å². The third-order valence-corrected chi connectivity index (χ3v) is 6.21.